The van der Waals surface area contributed by atoms with Crippen LogP contribution in [0.4, 0.5) is 4.39 Å². The van der Waals surface area contributed by atoms with E-state index in [-0.39, 0.29) is 17.8 Å². The fourth-order valence-corrected chi connectivity index (χ4v) is 4.59. The van der Waals surface area contributed by atoms with Gasteiger partial charge in [-0.25, -0.2) is 4.39 Å². The Labute approximate surface area is 183 Å². The summed E-state index contributed by atoms with van der Waals surface area (Å²) in [4.78, 5) is 13.0. The molecule has 0 bridgehead atoms. The molecule has 0 aliphatic heterocycles. The number of carbonyl (C=O) groups excluding carboxylic acids is 1. The summed E-state index contributed by atoms with van der Waals surface area (Å²) in [5, 5.41) is 14.2. The van der Waals surface area contributed by atoms with Crippen molar-refractivity contribution in [3.8, 4) is 11.3 Å². The number of carbonyl (C=O) groups is 1. The SMILES string of the molecule is O=C(NC1CC1)C(Sc1nnc(-c2ccc(F)cc2)c2ccccc12)c1ccccc1. The maximum Gasteiger partial charge on any atom is 0.238 e. The second-order valence-corrected chi connectivity index (χ2v) is 8.69. The van der Waals surface area contributed by atoms with E-state index in [2.05, 4.69) is 15.5 Å². The number of aromatic nitrogens is 2. The van der Waals surface area contributed by atoms with Gasteiger partial charge in [0.15, 0.2) is 0 Å². The number of amides is 1. The van der Waals surface area contributed by atoms with Crippen LogP contribution in [0, 0.1) is 5.82 Å². The lowest BCUT2D eigenvalue weighted by Crippen LogP contribution is -2.29. The molecule has 1 fully saturated rings. The van der Waals surface area contributed by atoms with Crippen LogP contribution in [-0.2, 0) is 4.79 Å². The zero-order valence-corrected chi connectivity index (χ0v) is 17.5. The normalized spacial score (nSPS) is 14.4. The molecule has 3 aromatic carbocycles. The van der Waals surface area contributed by atoms with Crippen molar-refractivity contribution < 1.29 is 9.18 Å². The van der Waals surface area contributed by atoms with Crippen LogP contribution in [0.5, 0.6) is 0 Å². The Hall–Kier alpha value is -3.25. The van der Waals surface area contributed by atoms with Crippen molar-refractivity contribution in [2.75, 3.05) is 0 Å². The summed E-state index contributed by atoms with van der Waals surface area (Å²) >= 11 is 1.41. The highest BCUT2D eigenvalue weighted by Crippen LogP contribution is 2.40. The lowest BCUT2D eigenvalue weighted by atomic mass is 10.1. The molecule has 4 aromatic rings. The number of fused-ring (bicyclic) bond motifs is 1. The molecular formula is C25H20FN3OS. The Morgan fingerprint density at radius 1 is 0.903 bits per heavy atom. The summed E-state index contributed by atoms with van der Waals surface area (Å²) in [7, 11) is 0. The van der Waals surface area contributed by atoms with Crippen molar-refractivity contribution in [3.05, 3.63) is 90.2 Å². The molecule has 1 N–H and O–H groups in total. The molecule has 154 valence electrons. The zero-order valence-electron chi connectivity index (χ0n) is 16.7. The van der Waals surface area contributed by atoms with Crippen molar-refractivity contribution in [2.45, 2.75) is 29.2 Å². The topological polar surface area (TPSA) is 54.9 Å². The van der Waals surface area contributed by atoms with Crippen molar-refractivity contribution in [3.63, 3.8) is 0 Å². The third-order valence-electron chi connectivity index (χ3n) is 5.26. The number of thioether (sulfide) groups is 1. The van der Waals surface area contributed by atoms with Gasteiger partial charge < -0.3 is 5.32 Å². The van der Waals surface area contributed by atoms with Crippen LogP contribution in [0.25, 0.3) is 22.0 Å². The highest BCUT2D eigenvalue weighted by molar-refractivity contribution is 8.00. The number of hydrogen-bond donors (Lipinski definition) is 1. The quantitative estimate of drug-likeness (QED) is 0.409. The van der Waals surface area contributed by atoms with E-state index < -0.39 is 5.25 Å². The molecule has 1 aliphatic carbocycles. The van der Waals surface area contributed by atoms with Crippen molar-refractivity contribution in [2.24, 2.45) is 0 Å². The molecule has 31 heavy (non-hydrogen) atoms. The molecule has 6 heteroatoms. The van der Waals surface area contributed by atoms with Gasteiger partial charge >= 0.3 is 0 Å². The van der Waals surface area contributed by atoms with E-state index in [4.69, 9.17) is 0 Å². The summed E-state index contributed by atoms with van der Waals surface area (Å²) in [6.45, 7) is 0. The Morgan fingerprint density at radius 2 is 1.58 bits per heavy atom. The van der Waals surface area contributed by atoms with Gasteiger partial charge in [-0.15, -0.1) is 10.2 Å². The summed E-state index contributed by atoms with van der Waals surface area (Å²) in [6.07, 6.45) is 2.07. The molecule has 0 spiro atoms. The summed E-state index contributed by atoms with van der Waals surface area (Å²) < 4.78 is 13.4. The molecule has 1 unspecified atom stereocenters. The van der Waals surface area contributed by atoms with Gasteiger partial charge in [0, 0.05) is 22.4 Å². The van der Waals surface area contributed by atoms with E-state index in [1.54, 1.807) is 12.1 Å². The first kappa shape index (κ1) is 19.7. The van der Waals surface area contributed by atoms with Gasteiger partial charge in [-0.3, -0.25) is 4.79 Å². The van der Waals surface area contributed by atoms with Gasteiger partial charge in [0.2, 0.25) is 5.91 Å². The Morgan fingerprint density at radius 3 is 2.29 bits per heavy atom. The van der Waals surface area contributed by atoms with Gasteiger partial charge in [-0.2, -0.15) is 0 Å². The van der Waals surface area contributed by atoms with Crippen LogP contribution in [0.3, 0.4) is 0 Å². The van der Waals surface area contributed by atoms with Crippen LogP contribution in [0.1, 0.15) is 23.7 Å². The number of nitrogens with zero attached hydrogens (tertiary/aromatic N) is 2. The van der Waals surface area contributed by atoms with Crippen LogP contribution < -0.4 is 5.32 Å². The minimum atomic E-state index is -0.420. The number of halogens is 1. The molecule has 5 rings (SSSR count). The Bertz CT molecular complexity index is 1230. The van der Waals surface area contributed by atoms with Gasteiger partial charge in [-0.05, 0) is 42.7 Å². The van der Waals surface area contributed by atoms with Gasteiger partial charge in [-0.1, -0.05) is 66.4 Å². The number of benzene rings is 3. The van der Waals surface area contributed by atoms with E-state index in [1.165, 1.54) is 23.9 Å². The lowest BCUT2D eigenvalue weighted by molar-refractivity contribution is -0.120. The highest BCUT2D eigenvalue weighted by atomic mass is 32.2. The minimum Gasteiger partial charge on any atom is -0.352 e. The van der Waals surface area contributed by atoms with E-state index in [9.17, 15) is 9.18 Å². The molecule has 1 aliphatic rings. The first-order valence-electron chi connectivity index (χ1n) is 10.2. The lowest BCUT2D eigenvalue weighted by Gasteiger charge is -2.17. The smallest absolute Gasteiger partial charge is 0.238 e. The van der Waals surface area contributed by atoms with Crippen molar-refractivity contribution in [1.82, 2.24) is 15.5 Å². The average Bonchev–Trinajstić information content (AvgIpc) is 3.62. The maximum absolute atomic E-state index is 13.4. The second kappa shape index (κ2) is 8.47. The maximum atomic E-state index is 13.4. The molecule has 1 amide bonds. The summed E-state index contributed by atoms with van der Waals surface area (Å²) in [6, 6.07) is 24.1. The fraction of sp³-hybridized carbons (Fsp3) is 0.160. The second-order valence-electron chi connectivity index (χ2n) is 7.60. The Kier molecular flexibility index (Phi) is 5.38. The summed E-state index contributed by atoms with van der Waals surface area (Å²) in [5.41, 5.74) is 2.42. The standard InChI is InChI=1S/C25H20FN3OS/c26-18-12-10-16(11-13-18)22-20-8-4-5-9-21(20)25(29-28-22)31-23(17-6-2-1-3-7-17)24(30)27-19-14-15-19/h1-13,19,23H,14-15H2,(H,27,30). The van der Waals surface area contributed by atoms with Crippen LogP contribution in [0.15, 0.2) is 83.9 Å². The fourth-order valence-electron chi connectivity index (χ4n) is 3.50. The third-order valence-corrected chi connectivity index (χ3v) is 6.51. The first-order chi connectivity index (χ1) is 15.2. The molecule has 4 nitrogen and oxygen atoms in total. The molecule has 0 radical (unpaired) electrons. The predicted molar refractivity (Wildman–Crippen MR) is 121 cm³/mol. The number of rotatable bonds is 6. The first-order valence-corrected chi connectivity index (χ1v) is 11.1. The average molecular weight is 430 g/mol. The van der Waals surface area contributed by atoms with E-state index in [1.807, 2.05) is 54.6 Å². The molecule has 1 atom stereocenters. The molecule has 1 saturated carbocycles. The van der Waals surface area contributed by atoms with Crippen LogP contribution >= 0.6 is 11.8 Å². The van der Waals surface area contributed by atoms with Gasteiger partial charge in [0.1, 0.15) is 21.8 Å². The molecular weight excluding hydrogens is 409 g/mol. The van der Waals surface area contributed by atoms with E-state index in [0.29, 0.717) is 10.7 Å². The Balaban J connectivity index is 1.55. The highest BCUT2D eigenvalue weighted by Gasteiger charge is 2.30. The van der Waals surface area contributed by atoms with E-state index in [0.717, 1.165) is 34.7 Å². The predicted octanol–water partition coefficient (Wildman–Crippen LogP) is 5.55. The van der Waals surface area contributed by atoms with Crippen LogP contribution in [0.2, 0.25) is 0 Å². The van der Waals surface area contributed by atoms with Crippen LogP contribution in [-0.4, -0.2) is 22.1 Å². The third kappa shape index (κ3) is 4.30. The number of nitrogens with one attached hydrogen (secondary N) is 1. The molecule has 1 heterocycles. The zero-order chi connectivity index (χ0) is 21.2. The monoisotopic (exact) mass is 429 g/mol. The number of hydrogen-bond acceptors (Lipinski definition) is 4. The van der Waals surface area contributed by atoms with Crippen molar-refractivity contribution >= 4 is 28.4 Å². The minimum absolute atomic E-state index is 0.00723. The van der Waals surface area contributed by atoms with Gasteiger partial charge in [0.05, 0.1) is 0 Å². The molecule has 1 aromatic heterocycles. The largest absolute Gasteiger partial charge is 0.352 e. The van der Waals surface area contributed by atoms with E-state index >= 15 is 0 Å². The van der Waals surface area contributed by atoms with Gasteiger partial charge in [0.25, 0.3) is 0 Å². The summed E-state index contributed by atoms with van der Waals surface area (Å²) in [5.74, 6) is -0.298. The molecule has 0 saturated heterocycles. The van der Waals surface area contributed by atoms with Crippen molar-refractivity contribution in [1.29, 1.82) is 0 Å².